The molecule has 3 aromatic rings. The van der Waals surface area contributed by atoms with Crippen LogP contribution in [0.1, 0.15) is 12.7 Å². The van der Waals surface area contributed by atoms with E-state index in [9.17, 15) is 8.42 Å². The van der Waals surface area contributed by atoms with Gasteiger partial charge in [0.05, 0.1) is 22.5 Å². The molecule has 5 nitrogen and oxygen atoms in total. The Balaban J connectivity index is 1.87. The van der Waals surface area contributed by atoms with Crippen LogP contribution in [0.4, 0.5) is 0 Å². The molecule has 0 aliphatic heterocycles. The standard InChI is InChI=1S/C16H16BrN3O2S/c1-2-20-15-6-4-3-5-14(15)19-16(20)11-18-23(21,22)13-9-7-12(17)8-10-13/h3-10,18H,2,11H2,1H3. The maximum atomic E-state index is 12.4. The van der Waals surface area contributed by atoms with Gasteiger partial charge in [-0.1, -0.05) is 28.1 Å². The molecule has 0 amide bonds. The molecule has 1 heterocycles. The Morgan fingerprint density at radius 1 is 1.13 bits per heavy atom. The van der Waals surface area contributed by atoms with E-state index in [2.05, 4.69) is 25.6 Å². The number of fused-ring (bicyclic) bond motifs is 1. The summed E-state index contributed by atoms with van der Waals surface area (Å²) in [4.78, 5) is 4.76. The van der Waals surface area contributed by atoms with Crippen molar-refractivity contribution in [3.05, 3.63) is 58.8 Å². The highest BCUT2D eigenvalue weighted by atomic mass is 79.9. The first-order valence-electron chi connectivity index (χ1n) is 7.20. The number of hydrogen-bond donors (Lipinski definition) is 1. The molecule has 0 radical (unpaired) electrons. The van der Waals surface area contributed by atoms with Crippen LogP contribution in [0.15, 0.2) is 57.9 Å². The summed E-state index contributed by atoms with van der Waals surface area (Å²) in [6.07, 6.45) is 0. The van der Waals surface area contributed by atoms with Gasteiger partial charge in [0.2, 0.25) is 10.0 Å². The molecule has 0 aliphatic carbocycles. The molecule has 1 aromatic heterocycles. The van der Waals surface area contributed by atoms with Crippen LogP contribution >= 0.6 is 15.9 Å². The second kappa shape index (κ2) is 6.43. The van der Waals surface area contributed by atoms with Crippen LogP contribution in [0.2, 0.25) is 0 Å². The number of nitrogens with one attached hydrogen (secondary N) is 1. The van der Waals surface area contributed by atoms with Gasteiger partial charge in [-0.2, -0.15) is 0 Å². The number of nitrogens with zero attached hydrogens (tertiary/aromatic N) is 2. The molecule has 0 atom stereocenters. The second-order valence-corrected chi connectivity index (χ2v) is 7.72. The van der Waals surface area contributed by atoms with Gasteiger partial charge in [0.1, 0.15) is 5.82 Å². The Morgan fingerprint density at radius 2 is 1.83 bits per heavy atom. The van der Waals surface area contributed by atoms with Gasteiger partial charge in [0, 0.05) is 11.0 Å². The molecule has 0 fully saturated rings. The quantitative estimate of drug-likeness (QED) is 0.722. The van der Waals surface area contributed by atoms with Crippen molar-refractivity contribution in [2.75, 3.05) is 0 Å². The molecular formula is C16H16BrN3O2S. The van der Waals surface area contributed by atoms with Crippen molar-refractivity contribution in [2.24, 2.45) is 0 Å². The lowest BCUT2D eigenvalue weighted by Gasteiger charge is -2.08. The first kappa shape index (κ1) is 16.2. The van der Waals surface area contributed by atoms with Gasteiger partial charge >= 0.3 is 0 Å². The van der Waals surface area contributed by atoms with Crippen molar-refractivity contribution in [2.45, 2.75) is 24.9 Å². The van der Waals surface area contributed by atoms with E-state index in [0.717, 1.165) is 22.1 Å². The van der Waals surface area contributed by atoms with Crippen molar-refractivity contribution in [1.82, 2.24) is 14.3 Å². The Bertz CT molecular complexity index is 934. The van der Waals surface area contributed by atoms with Crippen LogP contribution in [-0.4, -0.2) is 18.0 Å². The van der Waals surface area contributed by atoms with Crippen LogP contribution in [0.5, 0.6) is 0 Å². The Morgan fingerprint density at radius 3 is 2.52 bits per heavy atom. The number of aryl methyl sites for hydroxylation is 1. The number of para-hydroxylation sites is 2. The lowest BCUT2D eigenvalue weighted by atomic mass is 10.3. The van der Waals surface area contributed by atoms with E-state index in [0.29, 0.717) is 5.82 Å². The zero-order valence-corrected chi connectivity index (χ0v) is 14.9. The van der Waals surface area contributed by atoms with E-state index < -0.39 is 10.0 Å². The highest BCUT2D eigenvalue weighted by molar-refractivity contribution is 9.10. The Kier molecular flexibility index (Phi) is 4.52. The third-order valence-electron chi connectivity index (χ3n) is 3.59. The zero-order chi connectivity index (χ0) is 16.4. The predicted octanol–water partition coefficient (Wildman–Crippen LogP) is 3.30. The summed E-state index contributed by atoms with van der Waals surface area (Å²) in [5, 5.41) is 0. The minimum Gasteiger partial charge on any atom is -0.327 e. The van der Waals surface area contributed by atoms with Gasteiger partial charge in [-0.05, 0) is 43.3 Å². The van der Waals surface area contributed by atoms with Crippen molar-refractivity contribution < 1.29 is 8.42 Å². The smallest absolute Gasteiger partial charge is 0.240 e. The molecule has 120 valence electrons. The van der Waals surface area contributed by atoms with Gasteiger partial charge in [0.15, 0.2) is 0 Å². The zero-order valence-electron chi connectivity index (χ0n) is 12.5. The van der Waals surface area contributed by atoms with Crippen LogP contribution in [0.3, 0.4) is 0 Å². The SMILES string of the molecule is CCn1c(CNS(=O)(=O)c2ccc(Br)cc2)nc2ccccc21. The van der Waals surface area contributed by atoms with E-state index >= 15 is 0 Å². The third-order valence-corrected chi connectivity index (χ3v) is 5.54. The fourth-order valence-electron chi connectivity index (χ4n) is 2.47. The predicted molar refractivity (Wildman–Crippen MR) is 93.6 cm³/mol. The van der Waals surface area contributed by atoms with Gasteiger partial charge in [-0.15, -0.1) is 0 Å². The average molecular weight is 394 g/mol. The van der Waals surface area contributed by atoms with Gasteiger partial charge in [-0.25, -0.2) is 18.1 Å². The molecule has 0 aliphatic rings. The maximum absolute atomic E-state index is 12.4. The first-order chi connectivity index (χ1) is 11.0. The van der Waals surface area contributed by atoms with E-state index in [1.165, 1.54) is 0 Å². The number of imidazole rings is 1. The van der Waals surface area contributed by atoms with E-state index in [1.807, 2.05) is 35.8 Å². The summed E-state index contributed by atoms with van der Waals surface area (Å²) in [6.45, 7) is 2.90. The van der Waals surface area contributed by atoms with Crippen molar-refractivity contribution >= 4 is 37.0 Å². The third kappa shape index (κ3) is 3.31. The highest BCUT2D eigenvalue weighted by Crippen LogP contribution is 2.17. The number of aromatic nitrogens is 2. The molecule has 7 heteroatoms. The minimum absolute atomic E-state index is 0.154. The monoisotopic (exact) mass is 393 g/mol. The molecule has 0 unspecified atom stereocenters. The summed E-state index contributed by atoms with van der Waals surface area (Å²) in [5.41, 5.74) is 1.88. The molecule has 1 N–H and O–H groups in total. The van der Waals surface area contributed by atoms with Crippen LogP contribution in [0, 0.1) is 0 Å². The fourth-order valence-corrected chi connectivity index (χ4v) is 3.71. The molecule has 23 heavy (non-hydrogen) atoms. The van der Waals surface area contributed by atoms with Gasteiger partial charge in [-0.3, -0.25) is 0 Å². The molecule has 3 rings (SSSR count). The summed E-state index contributed by atoms with van der Waals surface area (Å²) >= 11 is 3.30. The Labute approximate surface area is 143 Å². The van der Waals surface area contributed by atoms with Gasteiger partial charge < -0.3 is 4.57 Å². The number of sulfonamides is 1. The van der Waals surface area contributed by atoms with E-state index in [1.54, 1.807) is 24.3 Å². The highest BCUT2D eigenvalue weighted by Gasteiger charge is 2.16. The fraction of sp³-hybridized carbons (Fsp3) is 0.188. The van der Waals surface area contributed by atoms with E-state index in [-0.39, 0.29) is 11.4 Å². The van der Waals surface area contributed by atoms with Crippen molar-refractivity contribution in [1.29, 1.82) is 0 Å². The largest absolute Gasteiger partial charge is 0.327 e. The lowest BCUT2D eigenvalue weighted by Crippen LogP contribution is -2.25. The first-order valence-corrected chi connectivity index (χ1v) is 9.48. The summed E-state index contributed by atoms with van der Waals surface area (Å²) in [5.74, 6) is 0.703. The topological polar surface area (TPSA) is 64.0 Å². The minimum atomic E-state index is -3.56. The summed E-state index contributed by atoms with van der Waals surface area (Å²) < 4.78 is 30.2. The molecule has 2 aromatic carbocycles. The number of halogens is 1. The van der Waals surface area contributed by atoms with Crippen LogP contribution < -0.4 is 4.72 Å². The molecule has 0 saturated heterocycles. The summed E-state index contributed by atoms with van der Waals surface area (Å²) in [7, 11) is -3.56. The lowest BCUT2D eigenvalue weighted by molar-refractivity contribution is 0.576. The summed E-state index contributed by atoms with van der Waals surface area (Å²) in [6, 6.07) is 14.3. The van der Waals surface area contributed by atoms with Crippen LogP contribution in [-0.2, 0) is 23.1 Å². The van der Waals surface area contributed by atoms with E-state index in [4.69, 9.17) is 0 Å². The number of rotatable bonds is 5. The molecule has 0 saturated carbocycles. The van der Waals surface area contributed by atoms with Crippen molar-refractivity contribution in [3.8, 4) is 0 Å². The van der Waals surface area contributed by atoms with Gasteiger partial charge in [0.25, 0.3) is 0 Å². The maximum Gasteiger partial charge on any atom is 0.240 e. The molecule has 0 spiro atoms. The normalized spacial score (nSPS) is 11.9. The number of benzene rings is 2. The van der Waals surface area contributed by atoms with Crippen LogP contribution in [0.25, 0.3) is 11.0 Å². The Hall–Kier alpha value is -1.70. The number of hydrogen-bond acceptors (Lipinski definition) is 3. The van der Waals surface area contributed by atoms with Crippen molar-refractivity contribution in [3.63, 3.8) is 0 Å². The average Bonchev–Trinajstić information content (AvgIpc) is 2.91. The molecule has 0 bridgehead atoms. The molecular weight excluding hydrogens is 378 g/mol. The second-order valence-electron chi connectivity index (χ2n) is 5.04.